The van der Waals surface area contributed by atoms with Crippen LogP contribution in [0.4, 0.5) is 5.69 Å². The van der Waals surface area contributed by atoms with Gasteiger partial charge in [-0.1, -0.05) is 42.5 Å². The molecule has 6 heteroatoms. The third-order valence-corrected chi connectivity index (χ3v) is 8.81. The lowest BCUT2D eigenvalue weighted by Crippen LogP contribution is -2.51. The number of carbonyl (C=O) groups excluding carboxylic acids is 1. The van der Waals surface area contributed by atoms with Crippen molar-refractivity contribution in [2.45, 2.75) is 30.8 Å². The monoisotopic (exact) mass is 486 g/mol. The van der Waals surface area contributed by atoms with Crippen LogP contribution >= 0.6 is 11.3 Å². The largest absolute Gasteiger partial charge is 0.366 e. The SMILES string of the molecule is CN(c1cccc2[nH]ccc12)C(CC(=O)N1CCC(c2cccs2)(N(C)C)CC1)c1ccccc1. The second-order valence-electron chi connectivity index (χ2n) is 9.74. The highest BCUT2D eigenvalue weighted by Crippen LogP contribution is 2.40. The van der Waals surface area contributed by atoms with Gasteiger partial charge in [0.1, 0.15) is 0 Å². The lowest BCUT2D eigenvalue weighted by Gasteiger charge is -2.46. The van der Waals surface area contributed by atoms with Crippen molar-refractivity contribution in [2.75, 3.05) is 39.1 Å². The maximum atomic E-state index is 13.7. The number of anilines is 1. The van der Waals surface area contributed by atoms with Crippen molar-refractivity contribution in [3.63, 3.8) is 0 Å². The van der Waals surface area contributed by atoms with E-state index >= 15 is 0 Å². The van der Waals surface area contributed by atoms with Gasteiger partial charge in [-0.05, 0) is 62.1 Å². The standard InChI is InChI=1S/C29H34N4OS/c1-31(2)29(27-13-8-20-35-27)15-18-33(19-16-29)28(34)21-26(22-9-5-4-6-10-22)32(3)25-12-7-11-24-23(25)14-17-30-24/h4-14,17,20,26,30H,15-16,18-19,21H2,1-3H3. The number of hydrogen-bond donors (Lipinski definition) is 1. The molecule has 182 valence electrons. The summed E-state index contributed by atoms with van der Waals surface area (Å²) in [5, 5.41) is 3.33. The third-order valence-electron chi connectivity index (χ3n) is 7.75. The fourth-order valence-electron chi connectivity index (χ4n) is 5.58. The lowest BCUT2D eigenvalue weighted by molar-refractivity contribution is -0.134. The number of amides is 1. The number of benzene rings is 2. The summed E-state index contributed by atoms with van der Waals surface area (Å²) in [6.07, 6.45) is 4.35. The Morgan fingerprint density at radius 1 is 1.00 bits per heavy atom. The van der Waals surface area contributed by atoms with E-state index in [1.807, 2.05) is 23.6 Å². The number of H-pyrrole nitrogens is 1. The first-order valence-corrected chi connectivity index (χ1v) is 13.2. The molecular formula is C29H34N4OS. The normalized spacial score (nSPS) is 16.5. The van der Waals surface area contributed by atoms with Crippen molar-refractivity contribution in [3.05, 3.63) is 88.7 Å². The molecule has 1 atom stereocenters. The summed E-state index contributed by atoms with van der Waals surface area (Å²) in [5.41, 5.74) is 3.42. The third kappa shape index (κ3) is 4.48. The van der Waals surface area contributed by atoms with E-state index < -0.39 is 0 Å². The predicted octanol–water partition coefficient (Wildman–Crippen LogP) is 5.88. The molecule has 1 amide bonds. The van der Waals surface area contributed by atoms with Gasteiger partial charge in [-0.25, -0.2) is 0 Å². The van der Waals surface area contributed by atoms with Crippen molar-refractivity contribution >= 4 is 33.8 Å². The first-order chi connectivity index (χ1) is 17.0. The number of piperidine rings is 1. The first-order valence-electron chi connectivity index (χ1n) is 12.3. The van der Waals surface area contributed by atoms with Crippen LogP contribution in [0.2, 0.25) is 0 Å². The zero-order valence-corrected chi connectivity index (χ0v) is 21.6. The molecular weight excluding hydrogens is 452 g/mol. The average molecular weight is 487 g/mol. The molecule has 4 aromatic rings. The molecule has 2 aromatic heterocycles. The molecule has 0 bridgehead atoms. The molecule has 1 aliphatic rings. The van der Waals surface area contributed by atoms with E-state index in [4.69, 9.17) is 0 Å². The average Bonchev–Trinajstić information content (AvgIpc) is 3.60. The molecule has 0 saturated carbocycles. The number of thiophene rings is 1. The minimum Gasteiger partial charge on any atom is -0.366 e. The summed E-state index contributed by atoms with van der Waals surface area (Å²) in [6.45, 7) is 1.57. The van der Waals surface area contributed by atoms with Crippen LogP contribution in [0.1, 0.15) is 35.7 Å². The fourth-order valence-corrected chi connectivity index (χ4v) is 6.64. The Hall–Kier alpha value is -3.09. The number of likely N-dealkylation sites (tertiary alicyclic amines) is 1. The Bertz CT molecular complexity index is 1260. The first kappa shape index (κ1) is 23.6. The molecule has 0 spiro atoms. The fraction of sp³-hybridized carbons (Fsp3) is 0.345. The predicted molar refractivity (Wildman–Crippen MR) is 146 cm³/mol. The van der Waals surface area contributed by atoms with Gasteiger partial charge in [0.15, 0.2) is 0 Å². The minimum atomic E-state index is -0.0398. The van der Waals surface area contributed by atoms with Crippen LogP contribution in [-0.4, -0.2) is 54.9 Å². The topological polar surface area (TPSA) is 42.6 Å². The number of nitrogens with zero attached hydrogens (tertiary/aromatic N) is 3. The number of aromatic nitrogens is 1. The van der Waals surface area contributed by atoms with Gasteiger partial charge >= 0.3 is 0 Å². The van der Waals surface area contributed by atoms with Crippen LogP contribution < -0.4 is 4.90 Å². The van der Waals surface area contributed by atoms with Crippen LogP contribution in [-0.2, 0) is 10.3 Å². The summed E-state index contributed by atoms with van der Waals surface area (Å²) >= 11 is 1.82. The zero-order valence-electron chi connectivity index (χ0n) is 20.8. The quantitative estimate of drug-likeness (QED) is 0.355. The van der Waals surface area contributed by atoms with Crippen LogP contribution in [0, 0.1) is 0 Å². The van der Waals surface area contributed by atoms with Crippen LogP contribution in [0.25, 0.3) is 10.9 Å². The van der Waals surface area contributed by atoms with E-state index in [1.54, 1.807) is 0 Å². The van der Waals surface area contributed by atoms with Gasteiger partial charge in [-0.2, -0.15) is 0 Å². The molecule has 5 rings (SSSR count). The van der Waals surface area contributed by atoms with Crippen LogP contribution in [0.15, 0.2) is 78.3 Å². The smallest absolute Gasteiger partial charge is 0.224 e. The van der Waals surface area contributed by atoms with Crippen molar-refractivity contribution < 1.29 is 4.79 Å². The highest BCUT2D eigenvalue weighted by molar-refractivity contribution is 7.10. The molecule has 5 nitrogen and oxygen atoms in total. The van der Waals surface area contributed by atoms with Crippen LogP contribution in [0.5, 0.6) is 0 Å². The summed E-state index contributed by atoms with van der Waals surface area (Å²) in [5.74, 6) is 0.227. The van der Waals surface area contributed by atoms with Gasteiger partial charge in [0.25, 0.3) is 0 Å². The van der Waals surface area contributed by atoms with Gasteiger partial charge < -0.3 is 14.8 Å². The summed E-state index contributed by atoms with van der Waals surface area (Å²) < 4.78 is 0. The van der Waals surface area contributed by atoms with Gasteiger partial charge in [0.2, 0.25) is 5.91 Å². The van der Waals surface area contributed by atoms with E-state index in [2.05, 4.69) is 107 Å². The summed E-state index contributed by atoms with van der Waals surface area (Å²) in [4.78, 5) is 25.1. The van der Waals surface area contributed by atoms with Crippen LogP contribution in [0.3, 0.4) is 0 Å². The maximum absolute atomic E-state index is 13.7. The Kier molecular flexibility index (Phi) is 6.67. The molecule has 1 unspecified atom stereocenters. The highest BCUT2D eigenvalue weighted by Gasteiger charge is 2.40. The second kappa shape index (κ2) is 9.88. The number of aromatic amines is 1. The maximum Gasteiger partial charge on any atom is 0.224 e. The Balaban J connectivity index is 1.37. The number of fused-ring (bicyclic) bond motifs is 1. The molecule has 1 aliphatic heterocycles. The van der Waals surface area contributed by atoms with Gasteiger partial charge in [-0.3, -0.25) is 9.69 Å². The Labute approximate surface area is 212 Å². The van der Waals surface area contributed by atoms with Gasteiger partial charge in [0.05, 0.1) is 18.0 Å². The molecule has 3 heterocycles. The van der Waals surface area contributed by atoms with E-state index in [0.29, 0.717) is 6.42 Å². The molecule has 1 fully saturated rings. The molecule has 1 saturated heterocycles. The highest BCUT2D eigenvalue weighted by atomic mass is 32.1. The summed E-state index contributed by atoms with van der Waals surface area (Å²) in [7, 11) is 6.44. The van der Waals surface area contributed by atoms with Gasteiger partial charge in [-0.15, -0.1) is 11.3 Å². The minimum absolute atomic E-state index is 0.0184. The molecule has 35 heavy (non-hydrogen) atoms. The van der Waals surface area contributed by atoms with Crippen molar-refractivity contribution in [1.29, 1.82) is 0 Å². The molecule has 2 aromatic carbocycles. The van der Waals surface area contributed by atoms with E-state index in [9.17, 15) is 4.79 Å². The van der Waals surface area contributed by atoms with Gasteiger partial charge in [0, 0.05) is 47.8 Å². The van der Waals surface area contributed by atoms with E-state index in [1.165, 1.54) is 10.3 Å². The van der Waals surface area contributed by atoms with E-state index in [-0.39, 0.29) is 17.5 Å². The zero-order chi connectivity index (χ0) is 24.4. The van der Waals surface area contributed by atoms with Crippen molar-refractivity contribution in [1.82, 2.24) is 14.8 Å². The number of hydrogen-bond acceptors (Lipinski definition) is 4. The molecule has 1 N–H and O–H groups in total. The number of nitrogens with one attached hydrogen (secondary N) is 1. The molecule has 0 radical (unpaired) electrons. The van der Waals surface area contributed by atoms with Crippen molar-refractivity contribution in [3.8, 4) is 0 Å². The number of carbonyl (C=O) groups is 1. The van der Waals surface area contributed by atoms with Crippen molar-refractivity contribution in [2.24, 2.45) is 0 Å². The molecule has 0 aliphatic carbocycles. The number of rotatable bonds is 7. The Morgan fingerprint density at radius 3 is 2.46 bits per heavy atom. The van der Waals surface area contributed by atoms with E-state index in [0.717, 1.165) is 42.7 Å². The Morgan fingerprint density at radius 2 is 1.77 bits per heavy atom. The summed E-state index contributed by atoms with van der Waals surface area (Å²) in [6, 6.07) is 23.2. The lowest BCUT2D eigenvalue weighted by atomic mass is 9.84. The second-order valence-corrected chi connectivity index (χ2v) is 10.7.